The van der Waals surface area contributed by atoms with Gasteiger partial charge in [0, 0.05) is 19.6 Å². The third-order valence-electron chi connectivity index (χ3n) is 5.23. The van der Waals surface area contributed by atoms with Gasteiger partial charge in [0.1, 0.15) is 5.75 Å². The highest BCUT2D eigenvalue weighted by atomic mass is 16.5. The van der Waals surface area contributed by atoms with Crippen molar-refractivity contribution in [2.75, 3.05) is 20.2 Å². The standard InChI is InChI=1S/C23H28N2O3/c1-3-25(16-18-7-5-4-6-8-18)23(27)21-15-20(21)22(26)24-14-13-17-9-11-19(28-2)12-10-17/h4-12,20-21H,3,13-16H2,1-2H3,(H,24,26). The van der Waals surface area contributed by atoms with Crippen molar-refractivity contribution in [2.45, 2.75) is 26.3 Å². The fourth-order valence-electron chi connectivity index (χ4n) is 3.39. The van der Waals surface area contributed by atoms with Crippen molar-refractivity contribution in [3.63, 3.8) is 0 Å². The van der Waals surface area contributed by atoms with Crippen LogP contribution in [0.15, 0.2) is 54.6 Å². The van der Waals surface area contributed by atoms with Gasteiger partial charge in [0.2, 0.25) is 11.8 Å². The average molecular weight is 380 g/mol. The fraction of sp³-hybridized carbons (Fsp3) is 0.391. The number of nitrogens with one attached hydrogen (secondary N) is 1. The van der Waals surface area contributed by atoms with Gasteiger partial charge >= 0.3 is 0 Å². The number of amides is 2. The second-order valence-electron chi connectivity index (χ2n) is 7.18. The number of benzene rings is 2. The monoisotopic (exact) mass is 380 g/mol. The largest absolute Gasteiger partial charge is 0.497 e. The van der Waals surface area contributed by atoms with Crippen LogP contribution in [0.4, 0.5) is 0 Å². The van der Waals surface area contributed by atoms with Crippen LogP contribution < -0.4 is 10.1 Å². The Morgan fingerprint density at radius 2 is 1.75 bits per heavy atom. The number of carbonyl (C=O) groups is 2. The molecule has 3 rings (SSSR count). The number of rotatable bonds is 9. The normalized spacial score (nSPS) is 17.6. The van der Waals surface area contributed by atoms with Gasteiger partial charge < -0.3 is 15.0 Å². The van der Waals surface area contributed by atoms with Crippen molar-refractivity contribution in [2.24, 2.45) is 11.8 Å². The molecule has 1 N–H and O–H groups in total. The van der Waals surface area contributed by atoms with E-state index >= 15 is 0 Å². The summed E-state index contributed by atoms with van der Waals surface area (Å²) in [5.41, 5.74) is 2.25. The maximum absolute atomic E-state index is 12.7. The van der Waals surface area contributed by atoms with Crippen molar-refractivity contribution in [3.8, 4) is 5.75 Å². The first-order valence-electron chi connectivity index (χ1n) is 9.85. The Bertz CT molecular complexity index is 789. The SMILES string of the molecule is CCN(Cc1ccccc1)C(=O)C1CC1C(=O)NCCc1ccc(OC)cc1. The molecule has 2 aromatic rings. The Morgan fingerprint density at radius 3 is 2.39 bits per heavy atom. The summed E-state index contributed by atoms with van der Waals surface area (Å²) in [4.78, 5) is 27.0. The Hall–Kier alpha value is -2.82. The molecule has 0 saturated heterocycles. The molecule has 0 spiro atoms. The highest BCUT2D eigenvalue weighted by molar-refractivity contribution is 5.92. The van der Waals surface area contributed by atoms with Crippen molar-refractivity contribution < 1.29 is 14.3 Å². The minimum absolute atomic E-state index is 0.0115. The summed E-state index contributed by atoms with van der Waals surface area (Å²) in [6.07, 6.45) is 1.41. The highest BCUT2D eigenvalue weighted by Crippen LogP contribution is 2.40. The molecule has 28 heavy (non-hydrogen) atoms. The van der Waals surface area contributed by atoms with E-state index in [0.717, 1.165) is 23.3 Å². The zero-order valence-electron chi connectivity index (χ0n) is 16.6. The van der Waals surface area contributed by atoms with Crippen LogP contribution >= 0.6 is 0 Å². The lowest BCUT2D eigenvalue weighted by Crippen LogP contribution is -2.34. The van der Waals surface area contributed by atoms with Crippen molar-refractivity contribution >= 4 is 11.8 Å². The molecule has 5 heteroatoms. The van der Waals surface area contributed by atoms with E-state index in [2.05, 4.69) is 5.32 Å². The van der Waals surface area contributed by atoms with Gasteiger partial charge in [-0.25, -0.2) is 0 Å². The number of nitrogens with zero attached hydrogens (tertiary/aromatic N) is 1. The molecule has 148 valence electrons. The van der Waals surface area contributed by atoms with Crippen LogP contribution in [0.1, 0.15) is 24.5 Å². The molecule has 2 unspecified atom stereocenters. The van der Waals surface area contributed by atoms with Gasteiger partial charge in [-0.2, -0.15) is 0 Å². The predicted octanol–water partition coefficient (Wildman–Crippen LogP) is 3.04. The lowest BCUT2D eigenvalue weighted by molar-refractivity contribution is -0.135. The Balaban J connectivity index is 1.44. The molecule has 0 aliphatic heterocycles. The van der Waals surface area contributed by atoms with Crippen LogP contribution in [0.25, 0.3) is 0 Å². The Labute approximate surface area is 166 Å². The zero-order valence-corrected chi connectivity index (χ0v) is 16.6. The van der Waals surface area contributed by atoms with Crippen LogP contribution in [-0.2, 0) is 22.6 Å². The summed E-state index contributed by atoms with van der Waals surface area (Å²) in [6.45, 7) is 3.80. The lowest BCUT2D eigenvalue weighted by Gasteiger charge is -2.21. The minimum atomic E-state index is -0.187. The molecule has 0 aromatic heterocycles. The van der Waals surface area contributed by atoms with Crippen molar-refractivity contribution in [3.05, 3.63) is 65.7 Å². The van der Waals surface area contributed by atoms with Crippen LogP contribution in [0.2, 0.25) is 0 Å². The lowest BCUT2D eigenvalue weighted by atomic mass is 10.1. The van der Waals surface area contributed by atoms with E-state index in [0.29, 0.717) is 26.1 Å². The van der Waals surface area contributed by atoms with E-state index in [-0.39, 0.29) is 23.7 Å². The minimum Gasteiger partial charge on any atom is -0.497 e. The van der Waals surface area contributed by atoms with Crippen LogP contribution in [0.3, 0.4) is 0 Å². The summed E-state index contributed by atoms with van der Waals surface area (Å²) in [5.74, 6) is 0.533. The van der Waals surface area contributed by atoms with Gasteiger partial charge in [-0.05, 0) is 43.0 Å². The number of methoxy groups -OCH3 is 1. The third-order valence-corrected chi connectivity index (χ3v) is 5.23. The first-order chi connectivity index (χ1) is 13.6. The van der Waals surface area contributed by atoms with E-state index in [1.54, 1.807) is 7.11 Å². The molecule has 2 atom stereocenters. The maximum atomic E-state index is 12.7. The number of carbonyl (C=O) groups excluding carboxylic acids is 2. The molecule has 1 fully saturated rings. The Kier molecular flexibility index (Phi) is 6.69. The first kappa shape index (κ1) is 19.9. The molecule has 5 nitrogen and oxygen atoms in total. The summed E-state index contributed by atoms with van der Waals surface area (Å²) in [6, 6.07) is 17.8. The summed E-state index contributed by atoms with van der Waals surface area (Å²) >= 11 is 0. The summed E-state index contributed by atoms with van der Waals surface area (Å²) in [5, 5.41) is 2.97. The molecule has 1 aliphatic carbocycles. The second-order valence-corrected chi connectivity index (χ2v) is 7.18. The van der Waals surface area contributed by atoms with Crippen LogP contribution in [0.5, 0.6) is 5.75 Å². The molecule has 2 aromatic carbocycles. The maximum Gasteiger partial charge on any atom is 0.226 e. The molecule has 1 saturated carbocycles. The van der Waals surface area contributed by atoms with Crippen molar-refractivity contribution in [1.29, 1.82) is 0 Å². The highest BCUT2D eigenvalue weighted by Gasteiger charge is 2.49. The van der Waals surface area contributed by atoms with Gasteiger partial charge in [0.25, 0.3) is 0 Å². The molecule has 2 amide bonds. The molecular formula is C23H28N2O3. The molecule has 1 aliphatic rings. The van der Waals surface area contributed by atoms with E-state index in [9.17, 15) is 9.59 Å². The molecule has 0 bridgehead atoms. The van der Waals surface area contributed by atoms with E-state index in [1.165, 1.54) is 0 Å². The van der Waals surface area contributed by atoms with Gasteiger partial charge in [-0.3, -0.25) is 9.59 Å². The summed E-state index contributed by atoms with van der Waals surface area (Å²) in [7, 11) is 1.64. The topological polar surface area (TPSA) is 58.6 Å². The Morgan fingerprint density at radius 1 is 1.04 bits per heavy atom. The van der Waals surface area contributed by atoms with Gasteiger partial charge in [-0.15, -0.1) is 0 Å². The average Bonchev–Trinajstić information content (AvgIpc) is 3.54. The quantitative estimate of drug-likeness (QED) is 0.727. The van der Waals surface area contributed by atoms with Gasteiger partial charge in [0.15, 0.2) is 0 Å². The molecular weight excluding hydrogens is 352 g/mol. The molecule has 0 radical (unpaired) electrons. The van der Waals surface area contributed by atoms with Crippen molar-refractivity contribution in [1.82, 2.24) is 10.2 Å². The number of hydrogen-bond donors (Lipinski definition) is 1. The third kappa shape index (κ3) is 5.12. The smallest absolute Gasteiger partial charge is 0.226 e. The number of ether oxygens (including phenoxy) is 1. The van der Waals surface area contributed by atoms with Crippen LogP contribution in [0, 0.1) is 11.8 Å². The predicted molar refractivity (Wildman–Crippen MR) is 109 cm³/mol. The zero-order chi connectivity index (χ0) is 19.9. The van der Waals surface area contributed by atoms with E-state index in [1.807, 2.05) is 66.4 Å². The number of hydrogen-bond acceptors (Lipinski definition) is 3. The van der Waals surface area contributed by atoms with E-state index < -0.39 is 0 Å². The fourth-order valence-corrected chi connectivity index (χ4v) is 3.39. The van der Waals surface area contributed by atoms with Gasteiger partial charge in [0.05, 0.1) is 18.9 Å². The van der Waals surface area contributed by atoms with E-state index in [4.69, 9.17) is 4.74 Å². The van der Waals surface area contributed by atoms with Crippen LogP contribution in [-0.4, -0.2) is 36.9 Å². The first-order valence-corrected chi connectivity index (χ1v) is 9.85. The second kappa shape index (κ2) is 9.40. The summed E-state index contributed by atoms with van der Waals surface area (Å²) < 4.78 is 5.15. The van der Waals surface area contributed by atoms with Gasteiger partial charge in [-0.1, -0.05) is 42.5 Å². The molecule has 0 heterocycles.